The highest BCUT2D eigenvalue weighted by Gasteiger charge is 1.58. The number of benzene rings is 1. The summed E-state index contributed by atoms with van der Waals surface area (Å²) in [7, 11) is 0. The zero-order valence-corrected chi connectivity index (χ0v) is 7.38. The molecule has 63 valence electrons. The van der Waals surface area contributed by atoms with Gasteiger partial charge in [0.2, 0.25) is 0 Å². The zero-order chi connectivity index (χ0) is 8.49. The minimum atomic E-state index is 0. The highest BCUT2D eigenvalue weighted by atomic mass is 14.6. The van der Waals surface area contributed by atoms with Crippen LogP contribution in [0.25, 0.3) is 0 Å². The van der Waals surface area contributed by atoms with Crippen LogP contribution in [-0.2, 0) is 0 Å². The average Bonchev–Trinajstić information content (AvgIpc) is 2.24. The molecule has 0 atom stereocenters. The van der Waals surface area contributed by atoms with Gasteiger partial charge in [0.05, 0.1) is 0 Å². The van der Waals surface area contributed by atoms with Gasteiger partial charge in [-0.3, -0.25) is 4.98 Å². The minimum Gasteiger partial charge on any atom is -0.265 e. The molecule has 0 amide bonds. The molecule has 2 aromatic rings. The molecule has 13 heavy (non-hydrogen) atoms. The monoisotopic (exact) mass is 168 g/mol. The third-order valence-electron chi connectivity index (χ3n) is 1.23. The summed E-state index contributed by atoms with van der Waals surface area (Å²) < 4.78 is 0. The Kier molecular flexibility index (Phi) is 7.50. The molecule has 0 aliphatic carbocycles. The fourth-order valence-corrected chi connectivity index (χ4v) is 0.698. The Hall–Kier alpha value is -1.57. The van der Waals surface area contributed by atoms with Crippen LogP contribution in [0.2, 0.25) is 0 Å². The lowest BCUT2D eigenvalue weighted by atomic mass is 10.4. The van der Waals surface area contributed by atoms with Crippen molar-refractivity contribution in [2.45, 2.75) is 0 Å². The Morgan fingerprint density at radius 1 is 0.462 bits per heavy atom. The van der Waals surface area contributed by atoms with E-state index in [9.17, 15) is 0 Å². The van der Waals surface area contributed by atoms with Crippen LogP contribution in [0.5, 0.6) is 0 Å². The summed E-state index contributed by atoms with van der Waals surface area (Å²) in [4.78, 5) is 3.78. The van der Waals surface area contributed by atoms with Crippen LogP contribution in [-0.4, -0.2) is 13.4 Å². The van der Waals surface area contributed by atoms with E-state index in [2.05, 4.69) is 4.98 Å². The van der Waals surface area contributed by atoms with Crippen molar-refractivity contribution in [3.05, 3.63) is 67.0 Å². The van der Waals surface area contributed by atoms with Crippen LogP contribution in [0.15, 0.2) is 67.0 Å². The van der Waals surface area contributed by atoms with E-state index in [0.717, 1.165) is 0 Å². The first-order valence-corrected chi connectivity index (χ1v) is 3.85. The standard InChI is InChI=1S/C6H6.C5H5N.B/c2*1-2-4-6-5-3-1;/h1-6H;1-5H;. The number of hydrogen-bond acceptors (Lipinski definition) is 1. The van der Waals surface area contributed by atoms with Crippen LogP contribution >= 0.6 is 0 Å². The van der Waals surface area contributed by atoms with Crippen LogP contribution in [0.4, 0.5) is 0 Å². The number of pyridine rings is 1. The van der Waals surface area contributed by atoms with E-state index < -0.39 is 0 Å². The largest absolute Gasteiger partial charge is 0.265 e. The molecule has 0 aliphatic rings. The van der Waals surface area contributed by atoms with Crippen molar-refractivity contribution in [1.82, 2.24) is 4.98 Å². The Morgan fingerprint density at radius 2 is 0.769 bits per heavy atom. The van der Waals surface area contributed by atoms with Gasteiger partial charge >= 0.3 is 0 Å². The number of nitrogens with zero attached hydrogens (tertiary/aromatic N) is 1. The Labute approximate surface area is 81.0 Å². The molecule has 1 nitrogen and oxygen atoms in total. The summed E-state index contributed by atoms with van der Waals surface area (Å²) in [6.45, 7) is 0. The van der Waals surface area contributed by atoms with E-state index in [1.165, 1.54) is 0 Å². The maximum Gasteiger partial charge on any atom is 0.0267 e. The summed E-state index contributed by atoms with van der Waals surface area (Å²) in [5, 5.41) is 0. The van der Waals surface area contributed by atoms with Crippen LogP contribution in [0, 0.1) is 0 Å². The number of rotatable bonds is 0. The van der Waals surface area contributed by atoms with Gasteiger partial charge < -0.3 is 0 Å². The highest BCUT2D eigenvalue weighted by molar-refractivity contribution is 5.75. The van der Waals surface area contributed by atoms with Gasteiger partial charge in [-0.1, -0.05) is 42.5 Å². The van der Waals surface area contributed by atoms with Crippen LogP contribution in [0.3, 0.4) is 0 Å². The van der Waals surface area contributed by atoms with Crippen molar-refractivity contribution in [3.8, 4) is 0 Å². The molecule has 0 bridgehead atoms. The summed E-state index contributed by atoms with van der Waals surface area (Å²) in [6.07, 6.45) is 3.50. The lowest BCUT2D eigenvalue weighted by Crippen LogP contribution is -1.58. The van der Waals surface area contributed by atoms with Gasteiger partial charge in [0.1, 0.15) is 0 Å². The third kappa shape index (κ3) is 6.82. The SMILES string of the molecule is [B].c1ccccc1.c1ccncc1. The molecule has 1 heterocycles. The van der Waals surface area contributed by atoms with Gasteiger partial charge in [0.25, 0.3) is 0 Å². The van der Waals surface area contributed by atoms with Crippen molar-refractivity contribution in [2.24, 2.45) is 0 Å². The maximum absolute atomic E-state index is 3.78. The van der Waals surface area contributed by atoms with E-state index in [-0.39, 0.29) is 8.41 Å². The second-order valence-electron chi connectivity index (χ2n) is 2.18. The molecular weight excluding hydrogens is 157 g/mol. The molecule has 0 unspecified atom stereocenters. The molecule has 3 radical (unpaired) electrons. The quantitative estimate of drug-likeness (QED) is 0.550. The molecule has 0 N–H and O–H groups in total. The van der Waals surface area contributed by atoms with Crippen molar-refractivity contribution in [3.63, 3.8) is 0 Å². The topological polar surface area (TPSA) is 12.9 Å². The van der Waals surface area contributed by atoms with Crippen molar-refractivity contribution >= 4 is 8.41 Å². The lowest BCUT2D eigenvalue weighted by Gasteiger charge is -1.70. The van der Waals surface area contributed by atoms with Crippen molar-refractivity contribution in [1.29, 1.82) is 0 Å². The molecule has 2 heteroatoms. The Bertz CT molecular complexity index is 185. The van der Waals surface area contributed by atoms with Crippen molar-refractivity contribution < 1.29 is 0 Å². The predicted octanol–water partition coefficient (Wildman–Crippen LogP) is 2.39. The summed E-state index contributed by atoms with van der Waals surface area (Å²) in [5.74, 6) is 0. The first-order valence-electron chi connectivity index (χ1n) is 3.85. The van der Waals surface area contributed by atoms with Crippen LogP contribution in [0.1, 0.15) is 0 Å². The normalized spacial score (nSPS) is 7.38. The van der Waals surface area contributed by atoms with E-state index in [4.69, 9.17) is 0 Å². The average molecular weight is 168 g/mol. The molecule has 2 rings (SSSR count). The zero-order valence-electron chi connectivity index (χ0n) is 7.38. The lowest BCUT2D eigenvalue weighted by molar-refractivity contribution is 1.33. The van der Waals surface area contributed by atoms with Gasteiger partial charge in [0.15, 0.2) is 0 Å². The van der Waals surface area contributed by atoms with Gasteiger partial charge in [-0.15, -0.1) is 0 Å². The Balaban J connectivity index is 0.000000206. The second kappa shape index (κ2) is 8.53. The van der Waals surface area contributed by atoms with E-state index in [1.807, 2.05) is 54.6 Å². The highest BCUT2D eigenvalue weighted by Crippen LogP contribution is 1.79. The van der Waals surface area contributed by atoms with Gasteiger partial charge in [-0.2, -0.15) is 0 Å². The fourth-order valence-electron chi connectivity index (χ4n) is 0.698. The summed E-state index contributed by atoms with van der Waals surface area (Å²) >= 11 is 0. The molecule has 0 spiro atoms. The summed E-state index contributed by atoms with van der Waals surface area (Å²) in [5.41, 5.74) is 0. The van der Waals surface area contributed by atoms with Crippen LogP contribution < -0.4 is 0 Å². The molecule has 0 fully saturated rings. The number of hydrogen-bond donors (Lipinski definition) is 0. The molecule has 0 saturated heterocycles. The van der Waals surface area contributed by atoms with Crippen molar-refractivity contribution in [2.75, 3.05) is 0 Å². The smallest absolute Gasteiger partial charge is 0.0267 e. The maximum atomic E-state index is 3.78. The first kappa shape index (κ1) is 11.4. The minimum absolute atomic E-state index is 0. The van der Waals surface area contributed by atoms with E-state index >= 15 is 0 Å². The predicted molar refractivity (Wildman–Crippen MR) is 56.4 cm³/mol. The van der Waals surface area contributed by atoms with E-state index in [0.29, 0.717) is 0 Å². The first-order chi connectivity index (χ1) is 6.00. The molecule has 0 saturated carbocycles. The van der Waals surface area contributed by atoms with Gasteiger partial charge in [0, 0.05) is 20.8 Å². The number of aromatic nitrogens is 1. The van der Waals surface area contributed by atoms with Gasteiger partial charge in [-0.25, -0.2) is 0 Å². The molecule has 1 aromatic heterocycles. The van der Waals surface area contributed by atoms with E-state index in [1.54, 1.807) is 12.4 Å². The fraction of sp³-hybridized carbons (Fsp3) is 0. The third-order valence-corrected chi connectivity index (χ3v) is 1.23. The van der Waals surface area contributed by atoms with Gasteiger partial charge in [-0.05, 0) is 12.1 Å². The second-order valence-corrected chi connectivity index (χ2v) is 2.18. The Morgan fingerprint density at radius 3 is 0.923 bits per heavy atom. The molecular formula is C11H11BN. The molecule has 1 aromatic carbocycles. The summed E-state index contributed by atoms with van der Waals surface area (Å²) in [6, 6.07) is 17.7. The molecule has 0 aliphatic heterocycles.